The van der Waals surface area contributed by atoms with Crippen LogP contribution in [-0.4, -0.2) is 28.3 Å². The minimum atomic E-state index is -0.363. The molecule has 0 spiro atoms. The van der Waals surface area contributed by atoms with Crippen LogP contribution in [0.25, 0.3) is 6.08 Å². The standard InChI is InChI=1S/C16H12Cl2N4O/c17-10-6-5-9(11(18)8-10)7-14-15(23)20-16-19-12-3-1-2-4-13(12)21-22(14)16/h5-8H,1-4H2. The van der Waals surface area contributed by atoms with Gasteiger partial charge in [-0.25, -0.2) is 4.99 Å². The van der Waals surface area contributed by atoms with Crippen molar-refractivity contribution in [2.24, 2.45) is 15.1 Å². The summed E-state index contributed by atoms with van der Waals surface area (Å²) in [6.07, 6.45) is 5.63. The number of fused-ring (bicyclic) bond motifs is 2. The molecule has 2 heterocycles. The van der Waals surface area contributed by atoms with Gasteiger partial charge in [0.05, 0.1) is 11.4 Å². The second kappa shape index (κ2) is 5.58. The Morgan fingerprint density at radius 2 is 1.87 bits per heavy atom. The van der Waals surface area contributed by atoms with Crippen LogP contribution < -0.4 is 0 Å². The first-order chi connectivity index (χ1) is 11.1. The van der Waals surface area contributed by atoms with Crippen molar-refractivity contribution in [1.82, 2.24) is 5.01 Å². The highest BCUT2D eigenvalue weighted by Gasteiger charge is 2.34. The lowest BCUT2D eigenvalue weighted by Gasteiger charge is -2.24. The molecule has 1 aliphatic carbocycles. The van der Waals surface area contributed by atoms with E-state index in [1.807, 2.05) is 0 Å². The van der Waals surface area contributed by atoms with Crippen LogP contribution in [0.15, 0.2) is 39.0 Å². The fourth-order valence-corrected chi connectivity index (χ4v) is 3.26. The Labute approximate surface area is 143 Å². The molecule has 5 nitrogen and oxygen atoms in total. The van der Waals surface area contributed by atoms with Gasteiger partial charge in [0.15, 0.2) is 0 Å². The molecule has 0 N–H and O–H groups in total. The third-order valence-electron chi connectivity index (χ3n) is 3.96. The monoisotopic (exact) mass is 346 g/mol. The number of amides is 1. The van der Waals surface area contributed by atoms with Gasteiger partial charge in [-0.15, -0.1) is 0 Å². The molecule has 7 heteroatoms. The van der Waals surface area contributed by atoms with Crippen molar-refractivity contribution in [3.8, 4) is 0 Å². The minimum absolute atomic E-state index is 0.340. The SMILES string of the molecule is O=C1N=C2N=C3CCCCC3=NN2C1=Cc1ccc(Cl)cc1Cl. The highest BCUT2D eigenvalue weighted by Crippen LogP contribution is 2.29. The Hall–Kier alpha value is -1.98. The van der Waals surface area contributed by atoms with Crippen molar-refractivity contribution in [1.29, 1.82) is 0 Å². The molecule has 1 aromatic carbocycles. The second-order valence-corrected chi connectivity index (χ2v) is 6.38. The molecule has 0 unspecified atom stereocenters. The summed E-state index contributed by atoms with van der Waals surface area (Å²) in [4.78, 5) is 20.7. The number of nitrogens with zero attached hydrogens (tertiary/aromatic N) is 4. The predicted molar refractivity (Wildman–Crippen MR) is 92.1 cm³/mol. The summed E-state index contributed by atoms with van der Waals surface area (Å²) in [6, 6.07) is 5.12. The molecule has 1 fully saturated rings. The van der Waals surface area contributed by atoms with Crippen LogP contribution in [0.2, 0.25) is 10.0 Å². The van der Waals surface area contributed by atoms with Gasteiger partial charge in [-0.3, -0.25) is 4.79 Å². The lowest BCUT2D eigenvalue weighted by atomic mass is 9.96. The molecule has 0 bridgehead atoms. The molecule has 116 valence electrons. The lowest BCUT2D eigenvalue weighted by Crippen LogP contribution is -2.33. The maximum atomic E-state index is 12.2. The molecule has 3 aliphatic rings. The van der Waals surface area contributed by atoms with Gasteiger partial charge in [-0.2, -0.15) is 15.1 Å². The normalized spacial score (nSPS) is 21.7. The Bertz CT molecular complexity index is 838. The molecule has 0 atom stereocenters. The van der Waals surface area contributed by atoms with Gasteiger partial charge in [0.1, 0.15) is 5.70 Å². The smallest absolute Gasteiger partial charge is 0.265 e. The van der Waals surface area contributed by atoms with Crippen LogP contribution in [0, 0.1) is 0 Å². The largest absolute Gasteiger partial charge is 0.299 e. The predicted octanol–water partition coefficient (Wildman–Crippen LogP) is 3.92. The maximum Gasteiger partial charge on any atom is 0.299 e. The lowest BCUT2D eigenvalue weighted by molar-refractivity contribution is -0.114. The van der Waals surface area contributed by atoms with Gasteiger partial charge in [-0.05, 0) is 49.5 Å². The minimum Gasteiger partial charge on any atom is -0.265 e. The van der Waals surface area contributed by atoms with Gasteiger partial charge in [0.2, 0.25) is 0 Å². The Kier molecular flexibility index (Phi) is 3.54. The zero-order valence-corrected chi connectivity index (χ0v) is 13.6. The van der Waals surface area contributed by atoms with E-state index in [1.54, 1.807) is 24.3 Å². The molecule has 1 saturated carbocycles. The van der Waals surface area contributed by atoms with Crippen LogP contribution in [0.4, 0.5) is 0 Å². The molecule has 0 aromatic heterocycles. The first kappa shape index (κ1) is 14.6. The van der Waals surface area contributed by atoms with Crippen molar-refractivity contribution < 1.29 is 4.79 Å². The number of halogens is 2. The van der Waals surface area contributed by atoms with Crippen molar-refractivity contribution in [3.63, 3.8) is 0 Å². The maximum absolute atomic E-state index is 12.2. The first-order valence-electron chi connectivity index (χ1n) is 7.37. The average molecular weight is 347 g/mol. The van der Waals surface area contributed by atoms with Gasteiger partial charge < -0.3 is 0 Å². The van der Waals surface area contributed by atoms with Gasteiger partial charge in [-0.1, -0.05) is 29.3 Å². The van der Waals surface area contributed by atoms with Crippen LogP contribution in [0.3, 0.4) is 0 Å². The number of hydrazone groups is 1. The third kappa shape index (κ3) is 2.60. The molecule has 4 rings (SSSR count). The average Bonchev–Trinajstić information content (AvgIpc) is 2.82. The van der Waals surface area contributed by atoms with E-state index in [-0.39, 0.29) is 5.91 Å². The highest BCUT2D eigenvalue weighted by molar-refractivity contribution is 6.45. The molecule has 0 radical (unpaired) electrons. The van der Waals surface area contributed by atoms with Gasteiger partial charge in [0.25, 0.3) is 11.9 Å². The molecular weight excluding hydrogens is 335 g/mol. The van der Waals surface area contributed by atoms with E-state index in [0.717, 1.165) is 37.1 Å². The fraction of sp³-hybridized carbons (Fsp3) is 0.250. The summed E-state index contributed by atoms with van der Waals surface area (Å²) in [5, 5.41) is 7.10. The zero-order chi connectivity index (χ0) is 16.0. The van der Waals surface area contributed by atoms with E-state index < -0.39 is 0 Å². The van der Waals surface area contributed by atoms with Crippen molar-refractivity contribution in [3.05, 3.63) is 39.5 Å². The zero-order valence-electron chi connectivity index (χ0n) is 12.1. The van der Waals surface area contributed by atoms with E-state index in [2.05, 4.69) is 15.1 Å². The van der Waals surface area contributed by atoms with E-state index in [4.69, 9.17) is 23.2 Å². The Balaban J connectivity index is 1.74. The number of benzene rings is 1. The fourth-order valence-electron chi connectivity index (χ4n) is 2.80. The van der Waals surface area contributed by atoms with Gasteiger partial charge in [0, 0.05) is 10.0 Å². The summed E-state index contributed by atoms with van der Waals surface area (Å²) >= 11 is 12.1. The Morgan fingerprint density at radius 1 is 1.09 bits per heavy atom. The van der Waals surface area contributed by atoms with Crippen LogP contribution in [0.1, 0.15) is 31.2 Å². The number of carbonyl (C=O) groups excluding carboxylic acids is 1. The molecule has 1 amide bonds. The first-order valence-corrected chi connectivity index (χ1v) is 8.13. The molecule has 2 aliphatic heterocycles. The van der Waals surface area contributed by atoms with Crippen LogP contribution in [0.5, 0.6) is 0 Å². The van der Waals surface area contributed by atoms with Gasteiger partial charge >= 0.3 is 0 Å². The number of hydrogen-bond acceptors (Lipinski definition) is 4. The molecular formula is C16H12Cl2N4O. The molecule has 23 heavy (non-hydrogen) atoms. The van der Waals surface area contributed by atoms with Crippen molar-refractivity contribution >= 4 is 52.6 Å². The number of aliphatic imine (C=N–C) groups is 2. The number of guanidine groups is 1. The van der Waals surface area contributed by atoms with Crippen LogP contribution >= 0.6 is 23.2 Å². The quantitative estimate of drug-likeness (QED) is 0.723. The summed E-state index contributed by atoms with van der Waals surface area (Å²) < 4.78 is 0. The number of hydrogen-bond donors (Lipinski definition) is 0. The topological polar surface area (TPSA) is 57.4 Å². The molecule has 1 aromatic rings. The van der Waals surface area contributed by atoms with Crippen LogP contribution in [-0.2, 0) is 4.79 Å². The van der Waals surface area contributed by atoms with E-state index in [0.29, 0.717) is 27.3 Å². The molecule has 0 saturated heterocycles. The summed E-state index contributed by atoms with van der Waals surface area (Å²) in [7, 11) is 0. The number of carbonyl (C=O) groups is 1. The highest BCUT2D eigenvalue weighted by atomic mass is 35.5. The van der Waals surface area contributed by atoms with E-state index in [9.17, 15) is 4.79 Å². The van der Waals surface area contributed by atoms with E-state index in [1.165, 1.54) is 5.01 Å². The van der Waals surface area contributed by atoms with Crippen molar-refractivity contribution in [2.75, 3.05) is 0 Å². The summed E-state index contributed by atoms with van der Waals surface area (Å²) in [5.74, 6) is -0.0228. The number of rotatable bonds is 1. The summed E-state index contributed by atoms with van der Waals surface area (Å²) in [6.45, 7) is 0. The summed E-state index contributed by atoms with van der Waals surface area (Å²) in [5.41, 5.74) is 2.93. The Morgan fingerprint density at radius 3 is 2.65 bits per heavy atom. The van der Waals surface area contributed by atoms with Crippen molar-refractivity contribution in [2.45, 2.75) is 25.7 Å². The second-order valence-electron chi connectivity index (χ2n) is 5.54. The third-order valence-corrected chi connectivity index (χ3v) is 4.52. The van der Waals surface area contributed by atoms with E-state index >= 15 is 0 Å².